The maximum absolute atomic E-state index is 13.4. The Kier molecular flexibility index (Phi) is 6.45. The molecule has 0 saturated carbocycles. The molecule has 0 aromatic heterocycles. The minimum absolute atomic E-state index is 0.137. The molecule has 4 nitrogen and oxygen atoms in total. The Morgan fingerprint density at radius 3 is 2.67 bits per heavy atom. The van der Waals surface area contributed by atoms with E-state index in [-0.39, 0.29) is 18.3 Å². The molecule has 0 atom stereocenters. The number of nitrogens with one attached hydrogen (secondary N) is 1. The molecule has 0 radical (unpaired) electrons. The van der Waals surface area contributed by atoms with Gasteiger partial charge in [-0.15, -0.1) is 0 Å². The van der Waals surface area contributed by atoms with Gasteiger partial charge in [-0.1, -0.05) is 24.3 Å². The van der Waals surface area contributed by atoms with Crippen LogP contribution in [0, 0.1) is 12.7 Å². The van der Waals surface area contributed by atoms with Gasteiger partial charge in [-0.2, -0.15) is 0 Å². The number of likely N-dealkylation sites (N-methyl/N-ethyl adjacent to an activating group) is 1. The van der Waals surface area contributed by atoms with Crippen LogP contribution in [-0.4, -0.2) is 37.5 Å². The molecule has 27 heavy (non-hydrogen) atoms. The number of hydrogen-bond donors (Lipinski definition) is 1. The average molecular weight is 369 g/mol. The van der Waals surface area contributed by atoms with Crippen LogP contribution < -0.4 is 10.2 Å². The van der Waals surface area contributed by atoms with Crippen LogP contribution in [0.1, 0.15) is 30.4 Å². The molecule has 1 aliphatic rings. The van der Waals surface area contributed by atoms with Gasteiger partial charge in [0.15, 0.2) is 0 Å². The highest BCUT2D eigenvalue weighted by Crippen LogP contribution is 2.25. The van der Waals surface area contributed by atoms with Crippen molar-refractivity contribution in [1.29, 1.82) is 0 Å². The summed E-state index contributed by atoms with van der Waals surface area (Å²) >= 11 is 0. The van der Waals surface area contributed by atoms with E-state index >= 15 is 0 Å². The Morgan fingerprint density at radius 2 is 1.89 bits per heavy atom. The van der Waals surface area contributed by atoms with Gasteiger partial charge in [0.05, 0.1) is 6.54 Å². The second-order valence-corrected chi connectivity index (χ2v) is 7.36. The van der Waals surface area contributed by atoms with E-state index in [1.165, 1.54) is 42.6 Å². The molecule has 0 aliphatic carbocycles. The molecule has 5 heteroatoms. The molecule has 144 valence electrons. The number of nitrogens with zero attached hydrogens (tertiary/aromatic N) is 2. The molecular weight excluding hydrogens is 341 g/mol. The van der Waals surface area contributed by atoms with E-state index in [0.29, 0.717) is 12.2 Å². The molecule has 2 aromatic carbocycles. The van der Waals surface area contributed by atoms with Crippen LogP contribution >= 0.6 is 0 Å². The minimum Gasteiger partial charge on any atom is -0.371 e. The summed E-state index contributed by atoms with van der Waals surface area (Å²) in [6, 6.07) is 12.9. The van der Waals surface area contributed by atoms with Crippen LogP contribution in [0.3, 0.4) is 0 Å². The first-order valence-corrected chi connectivity index (χ1v) is 9.60. The van der Waals surface area contributed by atoms with Crippen molar-refractivity contribution in [1.82, 2.24) is 4.90 Å². The van der Waals surface area contributed by atoms with Crippen molar-refractivity contribution in [2.24, 2.45) is 0 Å². The SMILES string of the molecule is Cc1ccc(F)cc1NC(=O)CN(C)Cc1ccccc1N1CCCCC1. The van der Waals surface area contributed by atoms with Gasteiger partial charge in [0.2, 0.25) is 5.91 Å². The second-order valence-electron chi connectivity index (χ2n) is 7.36. The molecule has 0 unspecified atom stereocenters. The van der Waals surface area contributed by atoms with Gasteiger partial charge in [0.1, 0.15) is 5.82 Å². The van der Waals surface area contributed by atoms with Crippen LogP contribution in [0.4, 0.5) is 15.8 Å². The average Bonchev–Trinajstić information content (AvgIpc) is 2.65. The molecule has 1 aliphatic heterocycles. The zero-order chi connectivity index (χ0) is 19.2. The van der Waals surface area contributed by atoms with Gasteiger partial charge in [0.25, 0.3) is 0 Å². The van der Waals surface area contributed by atoms with Crippen LogP contribution in [0.5, 0.6) is 0 Å². The summed E-state index contributed by atoms with van der Waals surface area (Å²) < 4.78 is 13.4. The minimum atomic E-state index is -0.347. The standard InChI is InChI=1S/C22H28FN3O/c1-17-10-11-19(23)14-20(17)24-22(27)16-25(2)15-18-8-4-5-9-21(18)26-12-6-3-7-13-26/h4-5,8-11,14H,3,6-7,12-13,15-16H2,1-2H3,(H,24,27). The quantitative estimate of drug-likeness (QED) is 0.829. The molecule has 3 rings (SSSR count). The number of carbonyl (C=O) groups is 1. The number of piperidine rings is 1. The summed E-state index contributed by atoms with van der Waals surface area (Å²) in [5, 5.41) is 2.81. The fourth-order valence-electron chi connectivity index (χ4n) is 3.60. The number of para-hydroxylation sites is 1. The Labute approximate surface area is 161 Å². The highest BCUT2D eigenvalue weighted by Gasteiger charge is 2.16. The predicted molar refractivity (Wildman–Crippen MR) is 109 cm³/mol. The molecule has 1 saturated heterocycles. The number of amides is 1. The van der Waals surface area contributed by atoms with Crippen molar-refractivity contribution < 1.29 is 9.18 Å². The van der Waals surface area contributed by atoms with Crippen molar-refractivity contribution in [3.05, 3.63) is 59.4 Å². The molecule has 1 fully saturated rings. The van der Waals surface area contributed by atoms with Gasteiger partial charge in [-0.3, -0.25) is 9.69 Å². The fourth-order valence-corrected chi connectivity index (χ4v) is 3.60. The maximum atomic E-state index is 13.4. The highest BCUT2D eigenvalue weighted by molar-refractivity contribution is 5.92. The monoisotopic (exact) mass is 369 g/mol. The van der Waals surface area contributed by atoms with E-state index in [2.05, 4.69) is 28.4 Å². The second kappa shape index (κ2) is 9.00. The van der Waals surface area contributed by atoms with Crippen molar-refractivity contribution >= 4 is 17.3 Å². The molecule has 2 aromatic rings. The van der Waals surface area contributed by atoms with E-state index in [9.17, 15) is 9.18 Å². The van der Waals surface area contributed by atoms with E-state index in [4.69, 9.17) is 0 Å². The highest BCUT2D eigenvalue weighted by atomic mass is 19.1. The summed E-state index contributed by atoms with van der Waals surface area (Å²) in [5.74, 6) is -0.485. The van der Waals surface area contributed by atoms with Crippen LogP contribution in [0.15, 0.2) is 42.5 Å². The molecular formula is C22H28FN3O. The number of carbonyl (C=O) groups excluding carboxylic acids is 1. The third-order valence-electron chi connectivity index (χ3n) is 5.02. The molecule has 1 heterocycles. The number of halogens is 1. The molecule has 1 amide bonds. The smallest absolute Gasteiger partial charge is 0.238 e. The van der Waals surface area contributed by atoms with Gasteiger partial charge < -0.3 is 10.2 Å². The van der Waals surface area contributed by atoms with Crippen molar-refractivity contribution in [2.45, 2.75) is 32.7 Å². The van der Waals surface area contributed by atoms with E-state index in [1.807, 2.05) is 24.9 Å². The van der Waals surface area contributed by atoms with Gasteiger partial charge >= 0.3 is 0 Å². The number of hydrogen-bond acceptors (Lipinski definition) is 3. The lowest BCUT2D eigenvalue weighted by molar-refractivity contribution is -0.117. The topological polar surface area (TPSA) is 35.6 Å². The van der Waals surface area contributed by atoms with Crippen molar-refractivity contribution in [3.63, 3.8) is 0 Å². The first-order chi connectivity index (χ1) is 13.0. The number of anilines is 2. The Hall–Kier alpha value is -2.40. The molecule has 1 N–H and O–H groups in total. The van der Waals surface area contributed by atoms with Crippen molar-refractivity contribution in [3.8, 4) is 0 Å². The zero-order valence-electron chi connectivity index (χ0n) is 16.2. The first-order valence-electron chi connectivity index (χ1n) is 9.60. The summed E-state index contributed by atoms with van der Waals surface area (Å²) in [5.41, 5.74) is 3.88. The number of rotatable bonds is 6. The Bertz CT molecular complexity index is 787. The van der Waals surface area contributed by atoms with E-state index in [0.717, 1.165) is 18.7 Å². The molecule has 0 bridgehead atoms. The van der Waals surface area contributed by atoms with Gasteiger partial charge in [0, 0.05) is 31.0 Å². The van der Waals surface area contributed by atoms with Crippen LogP contribution in [-0.2, 0) is 11.3 Å². The fraction of sp³-hybridized carbons (Fsp3) is 0.409. The lowest BCUT2D eigenvalue weighted by Gasteiger charge is -2.31. The third kappa shape index (κ3) is 5.30. The van der Waals surface area contributed by atoms with Crippen LogP contribution in [0.25, 0.3) is 0 Å². The zero-order valence-corrected chi connectivity index (χ0v) is 16.2. The molecule has 0 spiro atoms. The normalized spacial score (nSPS) is 14.4. The number of benzene rings is 2. The lowest BCUT2D eigenvalue weighted by atomic mass is 10.1. The largest absolute Gasteiger partial charge is 0.371 e. The third-order valence-corrected chi connectivity index (χ3v) is 5.02. The van der Waals surface area contributed by atoms with Crippen LogP contribution in [0.2, 0.25) is 0 Å². The van der Waals surface area contributed by atoms with Crippen molar-refractivity contribution in [2.75, 3.05) is 36.9 Å². The van der Waals surface area contributed by atoms with Gasteiger partial charge in [-0.25, -0.2) is 4.39 Å². The Morgan fingerprint density at radius 1 is 1.15 bits per heavy atom. The summed E-state index contributed by atoms with van der Waals surface area (Å²) in [4.78, 5) is 16.8. The summed E-state index contributed by atoms with van der Waals surface area (Å²) in [6.45, 7) is 5.00. The lowest BCUT2D eigenvalue weighted by Crippen LogP contribution is -2.33. The van der Waals surface area contributed by atoms with Gasteiger partial charge in [-0.05, 0) is 62.6 Å². The summed E-state index contributed by atoms with van der Waals surface area (Å²) in [7, 11) is 1.94. The maximum Gasteiger partial charge on any atom is 0.238 e. The predicted octanol–water partition coefficient (Wildman–Crippen LogP) is 4.19. The Balaban J connectivity index is 1.61. The number of aryl methyl sites for hydroxylation is 1. The first kappa shape index (κ1) is 19.4. The van der Waals surface area contributed by atoms with E-state index < -0.39 is 0 Å². The summed E-state index contributed by atoms with van der Waals surface area (Å²) in [6.07, 6.45) is 3.78. The van der Waals surface area contributed by atoms with E-state index in [1.54, 1.807) is 6.07 Å².